The molecule has 5 heteroatoms. The van der Waals surface area contributed by atoms with E-state index >= 15 is 0 Å². The van der Waals surface area contributed by atoms with E-state index in [9.17, 15) is 0 Å². The number of hydrogen-bond donors (Lipinski definition) is 0. The first-order valence-corrected chi connectivity index (χ1v) is 8.96. The third kappa shape index (κ3) is 3.92. The van der Waals surface area contributed by atoms with Gasteiger partial charge in [-0.15, -0.1) is 0 Å². The van der Waals surface area contributed by atoms with E-state index in [4.69, 9.17) is 30.5 Å². The molecule has 0 fully saturated rings. The first-order chi connectivity index (χ1) is 12.3. The summed E-state index contributed by atoms with van der Waals surface area (Å²) in [5, 5.41) is 2.83. The van der Waals surface area contributed by atoms with E-state index in [2.05, 4.69) is 0 Å². The molecule has 0 unspecified atom stereocenters. The van der Waals surface area contributed by atoms with Gasteiger partial charge in [-0.25, -0.2) is 0 Å². The molecule has 0 radical (unpaired) electrons. The second-order valence-electron chi connectivity index (χ2n) is 5.70. The Morgan fingerprint density at radius 3 is 2.00 bits per heavy atom. The zero-order valence-electron chi connectivity index (χ0n) is 14.6. The molecule has 3 rings (SSSR count). The fourth-order valence-electron chi connectivity index (χ4n) is 3.03. The summed E-state index contributed by atoms with van der Waals surface area (Å²) in [5.41, 5.74) is 2.17. The molecule has 0 aliphatic heterocycles. The number of ether oxygens (including phenoxy) is 4. The van der Waals surface area contributed by atoms with Crippen LogP contribution in [-0.4, -0.2) is 26.8 Å². The van der Waals surface area contributed by atoms with Gasteiger partial charge >= 0.3 is 0 Å². The quantitative estimate of drug-likeness (QED) is 0.499. The minimum absolute atomic E-state index is 0.216. The van der Waals surface area contributed by atoms with Gasteiger partial charge in [-0.3, -0.25) is 0 Å². The van der Waals surface area contributed by atoms with E-state index in [1.807, 2.05) is 44.2 Å². The molecule has 134 valence electrons. The number of benzene rings is 2. The highest BCUT2D eigenvalue weighted by Crippen LogP contribution is 2.44. The van der Waals surface area contributed by atoms with Crippen molar-refractivity contribution in [3.63, 3.8) is 0 Å². The SMILES string of the molecule is CCOCOc1c2c(c(OCOCC)c3ccccc13)CC(Cl)=CC2. The van der Waals surface area contributed by atoms with E-state index in [1.165, 1.54) is 0 Å². The van der Waals surface area contributed by atoms with E-state index in [1.54, 1.807) is 0 Å². The van der Waals surface area contributed by atoms with Crippen molar-refractivity contribution < 1.29 is 18.9 Å². The number of hydrogen-bond acceptors (Lipinski definition) is 4. The summed E-state index contributed by atoms with van der Waals surface area (Å²) in [5.74, 6) is 1.68. The Kier molecular flexibility index (Phi) is 6.19. The van der Waals surface area contributed by atoms with Crippen LogP contribution in [-0.2, 0) is 22.3 Å². The lowest BCUT2D eigenvalue weighted by Crippen LogP contribution is -2.12. The summed E-state index contributed by atoms with van der Waals surface area (Å²) < 4.78 is 22.8. The minimum atomic E-state index is 0.216. The molecule has 0 heterocycles. The molecular weight excluding hydrogens is 340 g/mol. The molecule has 0 amide bonds. The maximum Gasteiger partial charge on any atom is 0.189 e. The van der Waals surface area contributed by atoms with Crippen LogP contribution in [0.15, 0.2) is 35.4 Å². The molecular formula is C20H23ClO4. The first-order valence-electron chi connectivity index (χ1n) is 8.58. The molecule has 0 saturated heterocycles. The Morgan fingerprint density at radius 1 is 0.880 bits per heavy atom. The second-order valence-corrected chi connectivity index (χ2v) is 6.19. The van der Waals surface area contributed by atoms with Gasteiger partial charge in [0.2, 0.25) is 0 Å². The Bertz CT molecular complexity index is 770. The van der Waals surface area contributed by atoms with Crippen LogP contribution in [0.2, 0.25) is 0 Å². The van der Waals surface area contributed by atoms with Crippen molar-refractivity contribution in [3.05, 3.63) is 46.5 Å². The average molecular weight is 363 g/mol. The maximum atomic E-state index is 6.32. The van der Waals surface area contributed by atoms with Gasteiger partial charge in [0.05, 0.1) is 0 Å². The predicted molar refractivity (Wildman–Crippen MR) is 99.5 cm³/mol. The third-order valence-corrected chi connectivity index (χ3v) is 4.47. The van der Waals surface area contributed by atoms with Crippen molar-refractivity contribution in [2.45, 2.75) is 26.7 Å². The molecule has 0 N–H and O–H groups in total. The van der Waals surface area contributed by atoms with E-state index in [0.717, 1.165) is 38.4 Å². The Hall–Kier alpha value is -1.75. The summed E-state index contributed by atoms with van der Waals surface area (Å²) >= 11 is 6.32. The summed E-state index contributed by atoms with van der Waals surface area (Å²) in [7, 11) is 0. The molecule has 25 heavy (non-hydrogen) atoms. The normalized spacial score (nSPS) is 13.5. The summed E-state index contributed by atoms with van der Waals surface area (Å²) in [6.45, 7) is 5.56. The van der Waals surface area contributed by atoms with Crippen LogP contribution >= 0.6 is 11.6 Å². The van der Waals surface area contributed by atoms with Crippen LogP contribution in [0.3, 0.4) is 0 Å². The van der Waals surface area contributed by atoms with Crippen LogP contribution < -0.4 is 9.47 Å². The van der Waals surface area contributed by atoms with Crippen molar-refractivity contribution >= 4 is 22.4 Å². The fourth-order valence-corrected chi connectivity index (χ4v) is 3.24. The maximum absolute atomic E-state index is 6.32. The molecule has 0 aromatic heterocycles. The van der Waals surface area contributed by atoms with Crippen LogP contribution in [0, 0.1) is 0 Å². The standard InChI is InChI=1S/C20H23ClO4/c1-3-22-12-24-19-15-7-5-6-8-16(15)20(25-13-23-4-2)18-11-14(21)9-10-17(18)19/h5-9H,3-4,10-13H2,1-2H3. The van der Waals surface area contributed by atoms with Gasteiger partial charge in [-0.1, -0.05) is 41.9 Å². The van der Waals surface area contributed by atoms with Gasteiger partial charge in [-0.2, -0.15) is 0 Å². The number of rotatable bonds is 8. The van der Waals surface area contributed by atoms with Crippen LogP contribution in [0.1, 0.15) is 25.0 Å². The lowest BCUT2D eigenvalue weighted by molar-refractivity contribution is 0.0205. The fraction of sp³-hybridized carbons (Fsp3) is 0.400. The van der Waals surface area contributed by atoms with E-state index in [0.29, 0.717) is 26.1 Å². The monoisotopic (exact) mass is 362 g/mol. The van der Waals surface area contributed by atoms with Gasteiger partial charge in [0, 0.05) is 46.6 Å². The Balaban J connectivity index is 2.11. The predicted octanol–water partition coefficient (Wildman–Crippen LogP) is 4.81. The largest absolute Gasteiger partial charge is 0.467 e. The van der Waals surface area contributed by atoms with Gasteiger partial charge in [0.15, 0.2) is 13.6 Å². The van der Waals surface area contributed by atoms with Crippen LogP contribution in [0.5, 0.6) is 11.5 Å². The number of allylic oxidation sites excluding steroid dienone is 2. The first kappa shape index (κ1) is 18.1. The lowest BCUT2D eigenvalue weighted by Gasteiger charge is -2.24. The highest BCUT2D eigenvalue weighted by molar-refractivity contribution is 6.30. The Labute approximate surface area is 153 Å². The molecule has 1 aliphatic rings. The van der Waals surface area contributed by atoms with Crippen LogP contribution in [0.25, 0.3) is 10.8 Å². The number of fused-ring (bicyclic) bond motifs is 2. The zero-order valence-corrected chi connectivity index (χ0v) is 15.4. The van der Waals surface area contributed by atoms with Crippen LogP contribution in [0.4, 0.5) is 0 Å². The van der Waals surface area contributed by atoms with Crippen molar-refractivity contribution in [1.82, 2.24) is 0 Å². The van der Waals surface area contributed by atoms with Gasteiger partial charge < -0.3 is 18.9 Å². The third-order valence-electron chi connectivity index (χ3n) is 4.18. The topological polar surface area (TPSA) is 36.9 Å². The van der Waals surface area contributed by atoms with Crippen molar-refractivity contribution in [2.24, 2.45) is 0 Å². The molecule has 0 saturated carbocycles. The molecule has 2 aromatic rings. The average Bonchev–Trinajstić information content (AvgIpc) is 2.63. The molecule has 4 nitrogen and oxygen atoms in total. The van der Waals surface area contributed by atoms with Crippen molar-refractivity contribution in [1.29, 1.82) is 0 Å². The highest BCUT2D eigenvalue weighted by atomic mass is 35.5. The molecule has 1 aliphatic carbocycles. The highest BCUT2D eigenvalue weighted by Gasteiger charge is 2.24. The molecule has 0 atom stereocenters. The minimum Gasteiger partial charge on any atom is -0.467 e. The molecule has 2 aromatic carbocycles. The molecule has 0 spiro atoms. The molecule has 0 bridgehead atoms. The lowest BCUT2D eigenvalue weighted by atomic mass is 9.90. The van der Waals surface area contributed by atoms with E-state index in [-0.39, 0.29) is 13.6 Å². The Morgan fingerprint density at radius 2 is 1.44 bits per heavy atom. The summed E-state index contributed by atoms with van der Waals surface area (Å²) in [6, 6.07) is 8.08. The van der Waals surface area contributed by atoms with Gasteiger partial charge in [-0.05, 0) is 20.3 Å². The zero-order chi connectivity index (χ0) is 17.6. The summed E-state index contributed by atoms with van der Waals surface area (Å²) in [6.07, 6.45) is 3.37. The van der Waals surface area contributed by atoms with Gasteiger partial charge in [0.1, 0.15) is 11.5 Å². The number of halogens is 1. The van der Waals surface area contributed by atoms with E-state index < -0.39 is 0 Å². The van der Waals surface area contributed by atoms with Gasteiger partial charge in [0.25, 0.3) is 0 Å². The second kappa shape index (κ2) is 8.56. The van der Waals surface area contributed by atoms with Crippen molar-refractivity contribution in [3.8, 4) is 11.5 Å². The summed E-state index contributed by atoms with van der Waals surface area (Å²) in [4.78, 5) is 0. The van der Waals surface area contributed by atoms with Crippen molar-refractivity contribution in [2.75, 3.05) is 26.8 Å². The smallest absolute Gasteiger partial charge is 0.189 e.